The fourth-order valence-corrected chi connectivity index (χ4v) is 0. The maximum atomic E-state index is 8.36. The minimum absolute atomic E-state index is 0. The molecule has 11 nitrogen and oxygen atoms in total. The van der Waals surface area contributed by atoms with Crippen LogP contribution in [0.3, 0.4) is 0 Å². The Balaban J connectivity index is -0.0000000389. The van der Waals surface area contributed by atoms with E-state index in [0.29, 0.717) is 0 Å². The van der Waals surface area contributed by atoms with Crippen molar-refractivity contribution in [3.63, 3.8) is 0 Å². The van der Waals surface area contributed by atoms with Crippen LogP contribution in [0, 0.1) is 25.1 Å². The van der Waals surface area contributed by atoms with Gasteiger partial charge in [0.2, 0.25) is 0 Å². The van der Waals surface area contributed by atoms with E-state index in [1.165, 1.54) is 5.34 Å². The van der Waals surface area contributed by atoms with E-state index in [1.807, 2.05) is 0 Å². The van der Waals surface area contributed by atoms with Crippen LogP contribution in [0.15, 0.2) is 5.34 Å². The fraction of sp³-hybridized carbons (Fsp3) is 0. The van der Waals surface area contributed by atoms with Crippen LogP contribution in [0.5, 0.6) is 0 Å². The van der Waals surface area contributed by atoms with Gasteiger partial charge in [-0.15, -0.1) is 25.1 Å². The second-order valence-electron chi connectivity index (χ2n) is 0.557. The summed E-state index contributed by atoms with van der Waals surface area (Å²) in [7, 11) is 0. The summed E-state index contributed by atoms with van der Waals surface area (Å²) in [6.07, 6.45) is 0. The van der Waals surface area contributed by atoms with Crippen LogP contribution >= 0.6 is 0 Å². The molecule has 0 aliphatic rings. The summed E-state index contributed by atoms with van der Waals surface area (Å²) in [5, 5.41) is 35.2. The van der Waals surface area contributed by atoms with Crippen molar-refractivity contribution in [1.29, 1.82) is 0 Å². The van der Waals surface area contributed by atoms with Crippen molar-refractivity contribution in [3.8, 4) is 0 Å². The first-order chi connectivity index (χ1) is 4.88. The molecular weight excluding hydrogens is 210 g/mol. The zero-order chi connectivity index (χ0) is 9.86. The zero-order valence-electron chi connectivity index (χ0n) is 4.72. The molecule has 0 saturated heterocycles. The molecule has 0 aromatic heterocycles. The minimum atomic E-state index is -1.50. The van der Waals surface area contributed by atoms with E-state index in [0.717, 1.165) is 0 Å². The number of rotatable bonds is 0. The summed E-state index contributed by atoms with van der Waals surface area (Å²) in [5.74, 6) is 0. The van der Waals surface area contributed by atoms with Gasteiger partial charge in [-0.3, -0.25) is 0 Å². The Morgan fingerprint density at radius 2 is 1.08 bits per heavy atom. The Bertz CT molecular complexity index is 101. The molecule has 70 valence electrons. The molecule has 0 saturated carbocycles. The molecule has 0 spiro atoms. The van der Waals surface area contributed by atoms with E-state index in [9.17, 15) is 0 Å². The summed E-state index contributed by atoms with van der Waals surface area (Å²) in [4.78, 5) is 24.8. The molecule has 0 fully saturated rings. The van der Waals surface area contributed by atoms with Crippen molar-refractivity contribution in [2.24, 2.45) is 5.34 Å². The molecule has 12 heavy (non-hydrogen) atoms. The van der Waals surface area contributed by atoms with Crippen LogP contribution in [-0.4, -0.2) is 63.5 Å². The average molecular weight is 215 g/mol. The molecule has 0 heterocycles. The molecule has 12 heteroatoms. The van der Waals surface area contributed by atoms with Crippen molar-refractivity contribution < 1.29 is 25.8 Å². The quantitative estimate of drug-likeness (QED) is 0.189. The second-order valence-corrected chi connectivity index (χ2v) is 0.557. The molecular formula is H5CaN3O8. The Morgan fingerprint density at radius 3 is 1.08 bits per heavy atom. The predicted octanol–water partition coefficient (Wildman–Crippen LogP) is -1.47. The Morgan fingerprint density at radius 1 is 1.08 bits per heavy atom. The van der Waals surface area contributed by atoms with Gasteiger partial charge in [-0.25, -0.2) is 0 Å². The van der Waals surface area contributed by atoms with Crippen molar-refractivity contribution in [2.45, 2.75) is 0 Å². The fourth-order valence-electron chi connectivity index (χ4n) is 0. The molecule has 0 bridgehead atoms. The predicted molar refractivity (Wildman–Crippen MR) is 33.7 cm³/mol. The third kappa shape index (κ3) is 666. The van der Waals surface area contributed by atoms with Crippen LogP contribution in [0.4, 0.5) is 0 Å². The summed E-state index contributed by atoms with van der Waals surface area (Å²) in [6.45, 7) is 0. The van der Waals surface area contributed by atoms with Crippen molar-refractivity contribution >= 4 is 37.7 Å². The van der Waals surface area contributed by atoms with E-state index in [4.69, 9.17) is 40.8 Å². The van der Waals surface area contributed by atoms with Crippen LogP contribution < -0.4 is 0 Å². The number of hydrogen-bond acceptors (Lipinski definition) is 6. The molecule has 0 aliphatic heterocycles. The normalized spacial score (nSPS) is 5.00. The van der Waals surface area contributed by atoms with Gasteiger partial charge in [0.15, 0.2) is 5.34 Å². The monoisotopic (exact) mass is 215 g/mol. The van der Waals surface area contributed by atoms with Crippen molar-refractivity contribution in [2.75, 3.05) is 0 Å². The first-order valence-electron chi connectivity index (χ1n) is 1.51. The van der Waals surface area contributed by atoms with Gasteiger partial charge < -0.3 is 15.6 Å². The van der Waals surface area contributed by atoms with Gasteiger partial charge in [-0.2, -0.15) is 0 Å². The van der Waals surface area contributed by atoms with E-state index in [2.05, 4.69) is 0 Å². The number of nitrogens with zero attached hydrogens (tertiary/aromatic N) is 3. The molecule has 0 rings (SSSR count). The molecule has 0 amide bonds. The van der Waals surface area contributed by atoms with E-state index < -0.39 is 10.2 Å². The van der Waals surface area contributed by atoms with E-state index >= 15 is 0 Å². The summed E-state index contributed by atoms with van der Waals surface area (Å²) in [5.41, 5.74) is 0. The van der Waals surface area contributed by atoms with E-state index in [1.54, 1.807) is 0 Å². The van der Waals surface area contributed by atoms with Gasteiger partial charge in [0.1, 0.15) is 0 Å². The standard InChI is InChI=1S/Ca.2HNO3.HNO2.2H/c;2*2-1(3)4;2-1-3;;/h;2*(H,2,3,4);(H,2,3);;. The molecule has 0 unspecified atom stereocenters. The topological polar surface area (TPSA) is 176 Å². The molecule has 0 atom stereocenters. The van der Waals surface area contributed by atoms with E-state index in [-0.39, 0.29) is 37.7 Å². The van der Waals surface area contributed by atoms with Crippen molar-refractivity contribution in [3.05, 3.63) is 25.1 Å². The van der Waals surface area contributed by atoms with Gasteiger partial charge in [0, 0.05) is 0 Å². The molecule has 0 aromatic carbocycles. The summed E-state index contributed by atoms with van der Waals surface area (Å²) < 4.78 is 0. The Hall–Kier alpha value is -0.940. The van der Waals surface area contributed by atoms with Crippen LogP contribution in [-0.2, 0) is 0 Å². The Kier molecular flexibility index (Phi) is 42.1. The van der Waals surface area contributed by atoms with Crippen LogP contribution in [0.25, 0.3) is 0 Å². The SMILES string of the molecule is O=NO.O=[N+]([O-])O.O=[N+]([O-])O.[CaH2]. The molecule has 0 aromatic rings. The first-order valence-corrected chi connectivity index (χ1v) is 1.51. The first kappa shape index (κ1) is 22.5. The number of hydrogen-bond donors (Lipinski definition) is 3. The summed E-state index contributed by atoms with van der Waals surface area (Å²) >= 11 is 0. The molecule has 0 aliphatic carbocycles. The van der Waals surface area contributed by atoms with Gasteiger partial charge in [0.05, 0.1) is 0 Å². The second kappa shape index (κ2) is 22.5. The van der Waals surface area contributed by atoms with Crippen LogP contribution in [0.2, 0.25) is 0 Å². The van der Waals surface area contributed by atoms with Gasteiger partial charge in [-0.1, -0.05) is 0 Å². The van der Waals surface area contributed by atoms with Crippen LogP contribution in [0.1, 0.15) is 0 Å². The molecule has 3 N–H and O–H groups in total. The van der Waals surface area contributed by atoms with Gasteiger partial charge in [-0.05, 0) is 0 Å². The average Bonchev–Trinajstić information content (AvgIpc) is 1.60. The third-order valence-corrected chi connectivity index (χ3v) is 0. The van der Waals surface area contributed by atoms with Crippen molar-refractivity contribution in [1.82, 2.24) is 0 Å². The summed E-state index contributed by atoms with van der Waals surface area (Å²) in [6, 6.07) is 0. The zero-order valence-corrected chi connectivity index (χ0v) is 4.72. The third-order valence-electron chi connectivity index (χ3n) is 0. The van der Waals surface area contributed by atoms with Gasteiger partial charge in [0.25, 0.3) is 10.2 Å². The Labute approximate surface area is 93.7 Å². The maximum absolute atomic E-state index is 8.36. The molecule has 0 radical (unpaired) electrons. The van der Waals surface area contributed by atoms with Gasteiger partial charge >= 0.3 is 37.7 Å².